The van der Waals surface area contributed by atoms with Crippen molar-refractivity contribution in [2.24, 2.45) is 0 Å². The molecule has 0 aliphatic carbocycles. The molecule has 14 heteroatoms. The van der Waals surface area contributed by atoms with Crippen LogP contribution in [0.1, 0.15) is 25.7 Å². The van der Waals surface area contributed by atoms with Gasteiger partial charge in [-0.1, -0.05) is 47.5 Å². The molecule has 6 N–H and O–H groups in total. The molecule has 0 saturated carbocycles. The highest BCUT2D eigenvalue weighted by molar-refractivity contribution is 6.38. The zero-order chi connectivity index (χ0) is 29.7. The molecule has 0 spiro atoms. The summed E-state index contributed by atoms with van der Waals surface area (Å²) >= 11 is 13.1. The second-order valence-electron chi connectivity index (χ2n) is 8.45. The van der Waals surface area contributed by atoms with E-state index in [-0.39, 0.29) is 26.3 Å². The Bertz CT molecular complexity index is 1100. The summed E-state index contributed by atoms with van der Waals surface area (Å²) in [6, 6.07) is 10.3. The van der Waals surface area contributed by atoms with Gasteiger partial charge >= 0.3 is 11.9 Å². The molecule has 0 aromatic heterocycles. The monoisotopic (exact) mass is 600 g/mol. The molecule has 12 nitrogen and oxygen atoms in total. The normalized spacial score (nSPS) is 12.2. The fraction of sp³-hybridized carbons (Fsp3) is 0.385. The molecule has 0 aliphatic rings. The average Bonchev–Trinajstić information content (AvgIpc) is 2.89. The van der Waals surface area contributed by atoms with Crippen molar-refractivity contribution in [2.45, 2.75) is 37.9 Å². The Morgan fingerprint density at radius 2 is 1.07 bits per heavy atom. The number of carboxylic acid groups (broad SMARTS) is 2. The molecule has 0 heterocycles. The van der Waals surface area contributed by atoms with E-state index in [0.29, 0.717) is 45.5 Å². The van der Waals surface area contributed by atoms with Crippen LogP contribution in [-0.2, 0) is 19.2 Å². The lowest BCUT2D eigenvalue weighted by molar-refractivity contribution is -0.144. The first kappa shape index (κ1) is 32.6. The highest BCUT2D eigenvalue weighted by Gasteiger charge is 2.19. The molecule has 2 aromatic carbocycles. The van der Waals surface area contributed by atoms with E-state index in [2.05, 4.69) is 10.6 Å². The molecule has 0 aliphatic heterocycles. The van der Waals surface area contributed by atoms with Crippen molar-refractivity contribution in [1.82, 2.24) is 10.6 Å². The number of rotatable bonds is 17. The number of carbonyl (C=O) groups is 4. The molecule has 0 unspecified atom stereocenters. The largest absolute Gasteiger partial charge is 0.492 e. The Labute approximate surface area is 239 Å². The molecular formula is C26H30Cl2N2O10. The van der Waals surface area contributed by atoms with Crippen LogP contribution in [0.5, 0.6) is 11.5 Å². The minimum atomic E-state index is -1.63. The molecule has 40 heavy (non-hydrogen) atoms. The van der Waals surface area contributed by atoms with Crippen molar-refractivity contribution >= 4 is 47.0 Å². The molecule has 0 bridgehead atoms. The van der Waals surface area contributed by atoms with Crippen LogP contribution in [0.15, 0.2) is 36.4 Å². The van der Waals surface area contributed by atoms with Crippen LogP contribution < -0.4 is 20.1 Å². The third kappa shape index (κ3) is 10.5. The minimum Gasteiger partial charge on any atom is -0.492 e. The van der Waals surface area contributed by atoms with E-state index in [9.17, 15) is 29.4 Å². The zero-order valence-corrected chi connectivity index (χ0v) is 22.8. The van der Waals surface area contributed by atoms with Crippen LogP contribution in [0.3, 0.4) is 0 Å². The first-order chi connectivity index (χ1) is 19.0. The number of aliphatic carboxylic acids is 2. The summed E-state index contributed by atoms with van der Waals surface area (Å²) in [6.07, 6.45) is -3.87. The van der Waals surface area contributed by atoms with Gasteiger partial charge in [-0.15, -0.1) is 0 Å². The van der Waals surface area contributed by atoms with E-state index in [4.69, 9.17) is 42.9 Å². The molecule has 2 atom stereocenters. The first-order valence-corrected chi connectivity index (χ1v) is 12.9. The number of carboxylic acids is 2. The number of aliphatic hydroxyl groups is 2. The summed E-state index contributed by atoms with van der Waals surface area (Å²) in [5.41, 5.74) is 1.17. The van der Waals surface area contributed by atoms with E-state index in [1.807, 2.05) is 0 Å². The van der Waals surface area contributed by atoms with Gasteiger partial charge in [0.2, 0.25) is 11.8 Å². The summed E-state index contributed by atoms with van der Waals surface area (Å²) in [5.74, 6) is -3.37. The maximum absolute atomic E-state index is 11.7. The van der Waals surface area contributed by atoms with Crippen molar-refractivity contribution in [3.8, 4) is 22.6 Å². The van der Waals surface area contributed by atoms with Gasteiger partial charge < -0.3 is 40.5 Å². The molecule has 218 valence electrons. The van der Waals surface area contributed by atoms with Gasteiger partial charge in [-0.25, -0.2) is 0 Å². The molecule has 2 amide bonds. The second kappa shape index (κ2) is 16.5. The van der Waals surface area contributed by atoms with Gasteiger partial charge in [0, 0.05) is 24.2 Å². The number of ether oxygens (including phenoxy) is 2. The number of halogens is 2. The predicted octanol–water partition coefficient (Wildman–Crippen LogP) is 2.10. The van der Waals surface area contributed by atoms with Gasteiger partial charge in [0.15, 0.2) is 0 Å². The summed E-state index contributed by atoms with van der Waals surface area (Å²) < 4.78 is 11.5. The third-order valence-electron chi connectivity index (χ3n) is 5.31. The second-order valence-corrected chi connectivity index (χ2v) is 9.20. The van der Waals surface area contributed by atoms with Crippen molar-refractivity contribution in [3.63, 3.8) is 0 Å². The van der Waals surface area contributed by atoms with Gasteiger partial charge in [-0.3, -0.25) is 19.2 Å². The fourth-order valence-electron chi connectivity index (χ4n) is 3.34. The van der Waals surface area contributed by atoms with E-state index in [0.717, 1.165) is 0 Å². The number of benzene rings is 2. The molecule has 0 saturated heterocycles. The first-order valence-electron chi connectivity index (χ1n) is 12.2. The lowest BCUT2D eigenvalue weighted by Gasteiger charge is -2.15. The molecule has 2 rings (SSSR count). The van der Waals surface area contributed by atoms with Gasteiger partial charge in [-0.2, -0.15) is 0 Å². The van der Waals surface area contributed by atoms with E-state index < -0.39 is 48.8 Å². The summed E-state index contributed by atoms with van der Waals surface area (Å²) in [6.45, 7) is 0.674. The highest BCUT2D eigenvalue weighted by Crippen LogP contribution is 2.41. The van der Waals surface area contributed by atoms with Crippen molar-refractivity contribution in [2.75, 3.05) is 26.3 Å². The molecular weight excluding hydrogens is 571 g/mol. The fourth-order valence-corrected chi connectivity index (χ4v) is 3.91. The smallest absolute Gasteiger partial charge is 0.306 e. The summed E-state index contributed by atoms with van der Waals surface area (Å²) in [7, 11) is 0. The number of hydrogen-bond acceptors (Lipinski definition) is 8. The Balaban J connectivity index is 1.89. The Hall–Kier alpha value is -3.58. The predicted molar refractivity (Wildman–Crippen MR) is 145 cm³/mol. The van der Waals surface area contributed by atoms with Gasteiger partial charge in [-0.05, 0) is 25.0 Å². The van der Waals surface area contributed by atoms with Crippen LogP contribution in [0.25, 0.3) is 11.1 Å². The lowest BCUT2D eigenvalue weighted by Crippen LogP contribution is -2.36. The van der Waals surface area contributed by atoms with Crippen LogP contribution >= 0.6 is 23.2 Å². The van der Waals surface area contributed by atoms with Gasteiger partial charge in [0.1, 0.15) is 23.7 Å². The van der Waals surface area contributed by atoms with Crippen molar-refractivity contribution in [1.29, 1.82) is 0 Å². The summed E-state index contributed by atoms with van der Waals surface area (Å²) in [4.78, 5) is 44.4. The number of carbonyl (C=O) groups excluding carboxylic acids is 2. The van der Waals surface area contributed by atoms with Crippen LogP contribution in [-0.4, -0.2) is 82.7 Å². The molecule has 0 radical (unpaired) electrons. The van der Waals surface area contributed by atoms with E-state index >= 15 is 0 Å². The van der Waals surface area contributed by atoms with Gasteiger partial charge in [0.25, 0.3) is 0 Å². The minimum absolute atomic E-state index is 0.157. The van der Waals surface area contributed by atoms with Crippen LogP contribution in [0, 0.1) is 0 Å². The Kier molecular flexibility index (Phi) is 13.5. The number of aliphatic hydroxyl groups excluding tert-OH is 2. The number of amides is 2. The SMILES string of the molecule is O=C(O)C[C@@H](O)C(=O)NCCCOc1cccc(-c2cccc(OCCCNC(=O)[C@H](O)CC(=O)O)c2Cl)c1Cl. The molecule has 0 fully saturated rings. The topological polar surface area (TPSA) is 192 Å². The summed E-state index contributed by atoms with van der Waals surface area (Å²) in [5, 5.41) is 41.6. The van der Waals surface area contributed by atoms with Crippen molar-refractivity contribution < 1.29 is 49.1 Å². The molecule has 2 aromatic rings. The standard InChI is InChI=1S/C26H30Cl2N2O10/c27-23-15(5-1-7-19(23)39-11-3-9-29-25(37)17(31)13-21(33)34)16-6-2-8-20(24(16)28)40-12-4-10-30-26(38)18(32)14-22(35)36/h1-2,5-8,17-18,31-32H,3-4,9-14H2,(H,29,37)(H,30,38)(H,33,34)(H,35,36)/t17-,18-/m1/s1. The van der Waals surface area contributed by atoms with Gasteiger partial charge in [0.05, 0.1) is 36.1 Å². The lowest BCUT2D eigenvalue weighted by atomic mass is 10.0. The van der Waals surface area contributed by atoms with E-state index in [1.54, 1.807) is 36.4 Å². The maximum Gasteiger partial charge on any atom is 0.306 e. The average molecular weight is 601 g/mol. The zero-order valence-electron chi connectivity index (χ0n) is 21.3. The van der Waals surface area contributed by atoms with Crippen LogP contribution in [0.2, 0.25) is 10.0 Å². The highest BCUT2D eigenvalue weighted by atomic mass is 35.5. The number of nitrogens with one attached hydrogen (secondary N) is 2. The third-order valence-corrected chi connectivity index (χ3v) is 6.09. The quantitative estimate of drug-likeness (QED) is 0.146. The Morgan fingerprint density at radius 1 is 0.700 bits per heavy atom. The number of hydrogen-bond donors (Lipinski definition) is 6. The van der Waals surface area contributed by atoms with E-state index in [1.165, 1.54) is 0 Å². The van der Waals surface area contributed by atoms with Crippen molar-refractivity contribution in [3.05, 3.63) is 46.4 Å². The maximum atomic E-state index is 11.7. The Morgan fingerprint density at radius 3 is 1.43 bits per heavy atom. The van der Waals surface area contributed by atoms with Crippen LogP contribution in [0.4, 0.5) is 0 Å².